The fraction of sp³-hybridized carbons (Fsp3) is 0.286. The molecule has 0 aliphatic rings. The lowest BCUT2D eigenvalue weighted by atomic mass is 10.5. The maximum absolute atomic E-state index is 10.3. The number of anilines is 1. The van der Waals surface area contributed by atoms with E-state index >= 15 is 0 Å². The average molecular weight is 265 g/mol. The maximum atomic E-state index is 10.3. The molecule has 0 atom stereocenters. The number of hydrogen-bond acceptors (Lipinski definition) is 3. The van der Waals surface area contributed by atoms with Crippen LogP contribution in [0.25, 0.3) is 0 Å². The minimum atomic E-state index is 0.373. The molecule has 1 rings (SSSR count). The molecule has 0 radical (unpaired) electrons. The third kappa shape index (κ3) is 1.74. The molecular formula is C7H8INO2. The van der Waals surface area contributed by atoms with Crippen LogP contribution < -0.4 is 4.90 Å². The van der Waals surface area contributed by atoms with Crippen LogP contribution in [0.15, 0.2) is 10.5 Å². The number of rotatable bonds is 2. The molecule has 0 N–H and O–H groups in total. The minimum Gasteiger partial charge on any atom is -0.437 e. The summed E-state index contributed by atoms with van der Waals surface area (Å²) in [6.45, 7) is 0. The number of furan rings is 1. The van der Waals surface area contributed by atoms with E-state index in [4.69, 9.17) is 4.42 Å². The Kier molecular flexibility index (Phi) is 2.53. The third-order valence-corrected chi connectivity index (χ3v) is 1.98. The Morgan fingerprint density at radius 1 is 1.64 bits per heavy atom. The molecule has 1 aromatic heterocycles. The van der Waals surface area contributed by atoms with Crippen molar-refractivity contribution in [3.63, 3.8) is 0 Å². The van der Waals surface area contributed by atoms with Gasteiger partial charge in [0.1, 0.15) is 0 Å². The van der Waals surface area contributed by atoms with Crippen LogP contribution in [0.2, 0.25) is 0 Å². The molecule has 60 valence electrons. The van der Waals surface area contributed by atoms with Gasteiger partial charge in [-0.2, -0.15) is 0 Å². The minimum absolute atomic E-state index is 0.373. The van der Waals surface area contributed by atoms with Gasteiger partial charge in [0.2, 0.25) is 5.88 Å². The number of carbonyl (C=O) groups excluding carboxylic acids is 1. The van der Waals surface area contributed by atoms with Gasteiger partial charge >= 0.3 is 0 Å². The SMILES string of the molecule is CN(C)c1oc(C=O)cc1I. The van der Waals surface area contributed by atoms with Crippen LogP contribution in [0.5, 0.6) is 0 Å². The van der Waals surface area contributed by atoms with E-state index < -0.39 is 0 Å². The quantitative estimate of drug-likeness (QED) is 0.603. The zero-order chi connectivity index (χ0) is 8.43. The van der Waals surface area contributed by atoms with Gasteiger partial charge in [-0.1, -0.05) is 0 Å². The normalized spacial score (nSPS) is 9.73. The van der Waals surface area contributed by atoms with Crippen molar-refractivity contribution in [3.8, 4) is 0 Å². The molecule has 11 heavy (non-hydrogen) atoms. The monoisotopic (exact) mass is 265 g/mol. The van der Waals surface area contributed by atoms with Gasteiger partial charge in [0.05, 0.1) is 3.57 Å². The molecule has 0 aromatic carbocycles. The van der Waals surface area contributed by atoms with Gasteiger partial charge in [0.15, 0.2) is 12.0 Å². The zero-order valence-corrected chi connectivity index (χ0v) is 8.45. The van der Waals surface area contributed by atoms with E-state index in [-0.39, 0.29) is 0 Å². The van der Waals surface area contributed by atoms with Crippen LogP contribution in [0.3, 0.4) is 0 Å². The summed E-state index contributed by atoms with van der Waals surface area (Å²) in [5.41, 5.74) is 0. The summed E-state index contributed by atoms with van der Waals surface area (Å²) < 4.78 is 6.13. The van der Waals surface area contributed by atoms with Gasteiger partial charge in [-0.15, -0.1) is 0 Å². The van der Waals surface area contributed by atoms with Crippen molar-refractivity contribution < 1.29 is 9.21 Å². The number of hydrogen-bond donors (Lipinski definition) is 0. The van der Waals surface area contributed by atoms with E-state index in [2.05, 4.69) is 22.6 Å². The second-order valence-electron chi connectivity index (χ2n) is 2.31. The van der Waals surface area contributed by atoms with E-state index in [1.165, 1.54) is 0 Å². The molecule has 1 heterocycles. The Bertz CT molecular complexity index is 267. The van der Waals surface area contributed by atoms with E-state index in [1.54, 1.807) is 6.07 Å². The Morgan fingerprint density at radius 3 is 2.55 bits per heavy atom. The van der Waals surface area contributed by atoms with Crippen LogP contribution in [-0.2, 0) is 0 Å². The maximum Gasteiger partial charge on any atom is 0.209 e. The molecule has 0 saturated carbocycles. The van der Waals surface area contributed by atoms with Crippen LogP contribution in [0.4, 0.5) is 5.88 Å². The molecule has 0 aliphatic heterocycles. The lowest BCUT2D eigenvalue weighted by Gasteiger charge is -2.07. The zero-order valence-electron chi connectivity index (χ0n) is 6.30. The number of halogens is 1. The topological polar surface area (TPSA) is 33.5 Å². The molecule has 0 unspecified atom stereocenters. The van der Waals surface area contributed by atoms with Gasteiger partial charge in [-0.05, 0) is 22.6 Å². The van der Waals surface area contributed by atoms with Crippen LogP contribution in [0.1, 0.15) is 10.6 Å². The predicted molar refractivity (Wildman–Crippen MR) is 51.1 cm³/mol. The summed E-state index contributed by atoms with van der Waals surface area (Å²) >= 11 is 2.13. The first-order valence-corrected chi connectivity index (χ1v) is 4.15. The van der Waals surface area contributed by atoms with Gasteiger partial charge in [-0.3, -0.25) is 4.79 Å². The Balaban J connectivity index is 3.06. The van der Waals surface area contributed by atoms with Crippen molar-refractivity contribution >= 4 is 34.8 Å². The summed E-state index contributed by atoms with van der Waals surface area (Å²) in [6, 6.07) is 1.71. The van der Waals surface area contributed by atoms with Crippen molar-refractivity contribution in [2.24, 2.45) is 0 Å². The molecule has 1 aromatic rings. The molecule has 0 saturated heterocycles. The van der Waals surface area contributed by atoms with Crippen molar-refractivity contribution in [3.05, 3.63) is 15.4 Å². The highest BCUT2D eigenvalue weighted by molar-refractivity contribution is 14.1. The highest BCUT2D eigenvalue weighted by Gasteiger charge is 2.08. The molecule has 0 bridgehead atoms. The average Bonchev–Trinajstić information content (AvgIpc) is 2.30. The van der Waals surface area contributed by atoms with Crippen LogP contribution >= 0.6 is 22.6 Å². The molecule has 0 spiro atoms. The second-order valence-corrected chi connectivity index (χ2v) is 3.48. The summed E-state index contributed by atoms with van der Waals surface area (Å²) in [5, 5.41) is 0. The first kappa shape index (κ1) is 8.58. The summed E-state index contributed by atoms with van der Waals surface area (Å²) in [7, 11) is 3.74. The highest BCUT2D eigenvalue weighted by Crippen LogP contribution is 2.23. The van der Waals surface area contributed by atoms with E-state index in [1.807, 2.05) is 19.0 Å². The second kappa shape index (κ2) is 3.25. The fourth-order valence-electron chi connectivity index (χ4n) is 0.739. The van der Waals surface area contributed by atoms with Crippen molar-refractivity contribution in [2.75, 3.05) is 19.0 Å². The first-order valence-electron chi connectivity index (χ1n) is 3.07. The lowest BCUT2D eigenvalue weighted by molar-refractivity contribution is 0.110. The van der Waals surface area contributed by atoms with Gasteiger partial charge in [-0.25, -0.2) is 0 Å². The smallest absolute Gasteiger partial charge is 0.209 e. The standard InChI is InChI=1S/C7H8INO2/c1-9(2)7-6(8)3-5(4-10)11-7/h3-4H,1-2H3. The third-order valence-electron chi connectivity index (χ3n) is 1.21. The molecule has 0 amide bonds. The highest BCUT2D eigenvalue weighted by atomic mass is 127. The van der Waals surface area contributed by atoms with Gasteiger partial charge in [0.25, 0.3) is 0 Å². The molecule has 4 heteroatoms. The lowest BCUT2D eigenvalue weighted by Crippen LogP contribution is -2.08. The number of nitrogens with zero attached hydrogens (tertiary/aromatic N) is 1. The largest absolute Gasteiger partial charge is 0.437 e. The molecule has 0 aliphatic carbocycles. The van der Waals surface area contributed by atoms with Gasteiger partial charge in [0, 0.05) is 20.2 Å². The summed E-state index contributed by atoms with van der Waals surface area (Å²) in [5.74, 6) is 1.10. The summed E-state index contributed by atoms with van der Waals surface area (Å²) in [6.07, 6.45) is 0.704. The van der Waals surface area contributed by atoms with Crippen molar-refractivity contribution in [1.82, 2.24) is 0 Å². The van der Waals surface area contributed by atoms with Crippen LogP contribution in [0, 0.1) is 3.57 Å². The van der Waals surface area contributed by atoms with Crippen LogP contribution in [-0.4, -0.2) is 20.4 Å². The van der Waals surface area contributed by atoms with E-state index in [9.17, 15) is 4.79 Å². The Hall–Kier alpha value is -0.520. The van der Waals surface area contributed by atoms with Crippen molar-refractivity contribution in [1.29, 1.82) is 0 Å². The van der Waals surface area contributed by atoms with Gasteiger partial charge < -0.3 is 9.32 Å². The Labute approximate surface area is 78.5 Å². The summed E-state index contributed by atoms with van der Waals surface area (Å²) in [4.78, 5) is 12.1. The van der Waals surface area contributed by atoms with E-state index in [0.717, 1.165) is 9.45 Å². The molecule has 0 fully saturated rings. The van der Waals surface area contributed by atoms with Crippen molar-refractivity contribution in [2.45, 2.75) is 0 Å². The Morgan fingerprint density at radius 2 is 2.27 bits per heavy atom. The fourth-order valence-corrected chi connectivity index (χ4v) is 1.64. The molecule has 3 nitrogen and oxygen atoms in total. The molecular weight excluding hydrogens is 257 g/mol. The number of aldehydes is 1. The van der Waals surface area contributed by atoms with E-state index in [0.29, 0.717) is 12.0 Å². The number of carbonyl (C=O) groups is 1. The first-order chi connectivity index (χ1) is 5.15. The predicted octanol–water partition coefficient (Wildman–Crippen LogP) is 1.76.